The molecule has 2 aromatic rings. The molecule has 0 aliphatic carbocycles. The SMILES string of the molecule is Cc1nnc(NCc2cccc(Cl)c2F)o1. The summed E-state index contributed by atoms with van der Waals surface area (Å²) in [5.41, 5.74) is 0.448. The number of anilines is 1. The second-order valence-electron chi connectivity index (χ2n) is 3.19. The van der Waals surface area contributed by atoms with E-state index in [1.165, 1.54) is 6.07 Å². The van der Waals surface area contributed by atoms with Gasteiger partial charge in [0.15, 0.2) is 0 Å². The van der Waals surface area contributed by atoms with Gasteiger partial charge in [-0.15, -0.1) is 5.10 Å². The van der Waals surface area contributed by atoms with Crippen molar-refractivity contribution in [2.45, 2.75) is 13.5 Å². The first-order valence-corrected chi connectivity index (χ1v) is 5.01. The van der Waals surface area contributed by atoms with Gasteiger partial charge in [0.2, 0.25) is 5.89 Å². The number of aromatic nitrogens is 2. The van der Waals surface area contributed by atoms with Crippen LogP contribution in [-0.4, -0.2) is 10.2 Å². The summed E-state index contributed by atoms with van der Waals surface area (Å²) in [5, 5.41) is 10.3. The summed E-state index contributed by atoms with van der Waals surface area (Å²) in [6.07, 6.45) is 0. The summed E-state index contributed by atoms with van der Waals surface area (Å²) in [6, 6.07) is 5.08. The van der Waals surface area contributed by atoms with E-state index in [0.717, 1.165) is 0 Å². The highest BCUT2D eigenvalue weighted by molar-refractivity contribution is 6.30. The molecule has 4 nitrogen and oxygen atoms in total. The molecule has 1 heterocycles. The van der Waals surface area contributed by atoms with Crippen LogP contribution in [0.25, 0.3) is 0 Å². The zero-order valence-electron chi connectivity index (χ0n) is 8.50. The highest BCUT2D eigenvalue weighted by Gasteiger charge is 2.07. The minimum Gasteiger partial charge on any atom is -0.408 e. The molecule has 0 spiro atoms. The monoisotopic (exact) mass is 241 g/mol. The third-order valence-electron chi connectivity index (χ3n) is 1.99. The van der Waals surface area contributed by atoms with Gasteiger partial charge in [0.1, 0.15) is 5.82 Å². The van der Waals surface area contributed by atoms with Crippen LogP contribution in [0.15, 0.2) is 22.6 Å². The first-order chi connectivity index (χ1) is 7.66. The van der Waals surface area contributed by atoms with Gasteiger partial charge in [-0.05, 0) is 6.07 Å². The molecule has 1 aromatic heterocycles. The van der Waals surface area contributed by atoms with Gasteiger partial charge in [-0.1, -0.05) is 28.8 Å². The fraction of sp³-hybridized carbons (Fsp3) is 0.200. The van der Waals surface area contributed by atoms with Crippen molar-refractivity contribution < 1.29 is 8.81 Å². The summed E-state index contributed by atoms with van der Waals surface area (Å²) >= 11 is 5.65. The summed E-state index contributed by atoms with van der Waals surface area (Å²) in [5.74, 6) is 0.0157. The van der Waals surface area contributed by atoms with Gasteiger partial charge in [-0.2, -0.15) is 0 Å². The number of rotatable bonds is 3. The Morgan fingerprint density at radius 1 is 1.44 bits per heavy atom. The minimum absolute atomic E-state index is 0.0982. The van der Waals surface area contributed by atoms with E-state index in [-0.39, 0.29) is 17.6 Å². The van der Waals surface area contributed by atoms with E-state index >= 15 is 0 Å². The van der Waals surface area contributed by atoms with E-state index in [4.69, 9.17) is 16.0 Å². The van der Waals surface area contributed by atoms with Crippen LogP contribution < -0.4 is 5.32 Å². The number of halogens is 2. The largest absolute Gasteiger partial charge is 0.408 e. The van der Waals surface area contributed by atoms with E-state index < -0.39 is 5.82 Å². The fourth-order valence-corrected chi connectivity index (χ4v) is 1.42. The minimum atomic E-state index is -0.437. The lowest BCUT2D eigenvalue weighted by Gasteiger charge is -2.04. The molecular weight excluding hydrogens is 233 g/mol. The smallest absolute Gasteiger partial charge is 0.315 e. The predicted molar refractivity (Wildman–Crippen MR) is 57.8 cm³/mol. The molecule has 1 N–H and O–H groups in total. The van der Waals surface area contributed by atoms with Gasteiger partial charge in [0, 0.05) is 19.0 Å². The van der Waals surface area contributed by atoms with Crippen LogP contribution in [0.1, 0.15) is 11.5 Å². The first-order valence-electron chi connectivity index (χ1n) is 4.63. The van der Waals surface area contributed by atoms with Gasteiger partial charge in [0.05, 0.1) is 5.02 Å². The highest BCUT2D eigenvalue weighted by atomic mass is 35.5. The quantitative estimate of drug-likeness (QED) is 0.898. The molecule has 1 aromatic carbocycles. The highest BCUT2D eigenvalue weighted by Crippen LogP contribution is 2.18. The third kappa shape index (κ3) is 2.30. The zero-order valence-corrected chi connectivity index (χ0v) is 9.25. The van der Waals surface area contributed by atoms with Crippen LogP contribution in [0.5, 0.6) is 0 Å². The zero-order chi connectivity index (χ0) is 11.5. The number of nitrogens with one attached hydrogen (secondary N) is 1. The number of nitrogens with zero attached hydrogens (tertiary/aromatic N) is 2. The molecule has 0 fully saturated rings. The molecule has 6 heteroatoms. The van der Waals surface area contributed by atoms with Crippen molar-refractivity contribution in [3.63, 3.8) is 0 Å². The molecule has 84 valence electrons. The van der Waals surface area contributed by atoms with Crippen LogP contribution in [0.4, 0.5) is 10.4 Å². The van der Waals surface area contributed by atoms with Crippen molar-refractivity contribution in [2.75, 3.05) is 5.32 Å². The molecule has 0 bridgehead atoms. The predicted octanol–water partition coefficient (Wildman–Crippen LogP) is 2.78. The van der Waals surface area contributed by atoms with Crippen molar-refractivity contribution in [2.24, 2.45) is 0 Å². The van der Waals surface area contributed by atoms with E-state index in [1.54, 1.807) is 19.1 Å². The van der Waals surface area contributed by atoms with Crippen molar-refractivity contribution in [3.05, 3.63) is 40.5 Å². The van der Waals surface area contributed by atoms with Crippen molar-refractivity contribution >= 4 is 17.6 Å². The number of hydrogen-bond donors (Lipinski definition) is 1. The summed E-state index contributed by atoms with van der Waals surface area (Å²) in [6.45, 7) is 1.92. The normalized spacial score (nSPS) is 10.4. The lowest BCUT2D eigenvalue weighted by Crippen LogP contribution is -2.02. The molecule has 0 amide bonds. The Labute approximate surface area is 96.4 Å². The summed E-state index contributed by atoms with van der Waals surface area (Å²) < 4.78 is 18.6. The Bertz CT molecular complexity index is 501. The van der Waals surface area contributed by atoms with E-state index in [2.05, 4.69) is 15.5 Å². The van der Waals surface area contributed by atoms with Gasteiger partial charge in [0.25, 0.3) is 0 Å². The van der Waals surface area contributed by atoms with Crippen LogP contribution in [-0.2, 0) is 6.54 Å². The third-order valence-corrected chi connectivity index (χ3v) is 2.28. The second kappa shape index (κ2) is 4.49. The maximum Gasteiger partial charge on any atom is 0.315 e. The van der Waals surface area contributed by atoms with E-state index in [1.807, 2.05) is 0 Å². The number of aryl methyl sites for hydroxylation is 1. The van der Waals surface area contributed by atoms with Crippen molar-refractivity contribution in [3.8, 4) is 0 Å². The Hall–Kier alpha value is -1.62. The van der Waals surface area contributed by atoms with Crippen molar-refractivity contribution in [1.29, 1.82) is 0 Å². The molecule has 0 aliphatic heterocycles. The topological polar surface area (TPSA) is 51.0 Å². The fourth-order valence-electron chi connectivity index (χ4n) is 1.22. The van der Waals surface area contributed by atoms with E-state index in [0.29, 0.717) is 11.5 Å². The standard InChI is InChI=1S/C10H9ClFN3O/c1-6-14-15-10(16-6)13-5-7-3-2-4-8(11)9(7)12/h2-4H,5H2,1H3,(H,13,15). The lowest BCUT2D eigenvalue weighted by atomic mass is 10.2. The molecule has 0 aliphatic rings. The summed E-state index contributed by atoms with van der Waals surface area (Å²) in [7, 11) is 0. The molecule has 2 rings (SSSR count). The van der Waals surface area contributed by atoms with Gasteiger partial charge >= 0.3 is 6.01 Å². The van der Waals surface area contributed by atoms with Gasteiger partial charge < -0.3 is 9.73 Å². The Morgan fingerprint density at radius 3 is 2.94 bits per heavy atom. The Kier molecular flexibility index (Phi) is 3.05. The first kappa shape index (κ1) is 10.9. The molecule has 0 saturated heterocycles. The Balaban J connectivity index is 2.07. The van der Waals surface area contributed by atoms with Gasteiger partial charge in [-0.3, -0.25) is 0 Å². The molecule has 0 atom stereocenters. The maximum absolute atomic E-state index is 13.5. The van der Waals surface area contributed by atoms with Crippen molar-refractivity contribution in [1.82, 2.24) is 10.2 Å². The van der Waals surface area contributed by atoms with Crippen LogP contribution in [0.3, 0.4) is 0 Å². The molecule has 0 unspecified atom stereocenters. The molecule has 0 radical (unpaired) electrons. The number of benzene rings is 1. The van der Waals surface area contributed by atoms with Crippen LogP contribution in [0, 0.1) is 12.7 Å². The van der Waals surface area contributed by atoms with Crippen LogP contribution >= 0.6 is 11.6 Å². The second-order valence-corrected chi connectivity index (χ2v) is 3.60. The van der Waals surface area contributed by atoms with Gasteiger partial charge in [-0.25, -0.2) is 4.39 Å². The molecule has 16 heavy (non-hydrogen) atoms. The number of hydrogen-bond acceptors (Lipinski definition) is 4. The average molecular weight is 242 g/mol. The van der Waals surface area contributed by atoms with E-state index in [9.17, 15) is 4.39 Å². The average Bonchev–Trinajstić information content (AvgIpc) is 2.67. The summed E-state index contributed by atoms with van der Waals surface area (Å²) in [4.78, 5) is 0. The molecular formula is C10H9ClFN3O. The van der Waals surface area contributed by atoms with Crippen LogP contribution in [0.2, 0.25) is 5.02 Å². The maximum atomic E-state index is 13.5. The molecule has 0 saturated carbocycles. The Morgan fingerprint density at radius 2 is 2.25 bits per heavy atom. The lowest BCUT2D eigenvalue weighted by molar-refractivity contribution is 0.529.